The Morgan fingerprint density at radius 1 is 1.23 bits per heavy atom. The molecule has 4 N–H and O–H groups in total. The molecule has 0 spiro atoms. The van der Waals surface area contributed by atoms with Crippen LogP contribution < -0.4 is 15.4 Å². The van der Waals surface area contributed by atoms with Crippen molar-refractivity contribution in [1.82, 2.24) is 10.6 Å². The number of halogens is 3. The number of alkyl halides is 3. The van der Waals surface area contributed by atoms with Gasteiger partial charge in [-0.1, -0.05) is 12.1 Å². The number of rotatable bonds is 3. The second-order valence-electron chi connectivity index (χ2n) is 4.93. The molecule has 2 atom stereocenters. The maximum absolute atomic E-state index is 12.9. The third kappa shape index (κ3) is 2.95. The average Bonchev–Trinajstić information content (AvgIpc) is 2.37. The van der Waals surface area contributed by atoms with E-state index in [0.29, 0.717) is 12.4 Å². The van der Waals surface area contributed by atoms with Crippen LogP contribution in [0.25, 0.3) is 0 Å². The molecular formula is C13H15F3N2O4. The van der Waals surface area contributed by atoms with E-state index in [1.54, 1.807) is 6.92 Å². The molecular weight excluding hydrogens is 305 g/mol. The number of hydrogen-bond acceptors (Lipinski definition) is 4. The fourth-order valence-corrected chi connectivity index (χ4v) is 2.20. The van der Waals surface area contributed by atoms with Crippen LogP contribution in [0.15, 0.2) is 24.3 Å². The van der Waals surface area contributed by atoms with Crippen molar-refractivity contribution in [2.24, 2.45) is 0 Å². The van der Waals surface area contributed by atoms with Crippen molar-refractivity contribution in [3.8, 4) is 5.75 Å². The summed E-state index contributed by atoms with van der Waals surface area (Å²) in [5, 5.41) is 23.4. The lowest BCUT2D eigenvalue weighted by molar-refractivity contribution is -0.291. The molecule has 1 aliphatic rings. The predicted molar refractivity (Wildman–Crippen MR) is 68.8 cm³/mol. The van der Waals surface area contributed by atoms with Gasteiger partial charge in [-0.2, -0.15) is 13.2 Å². The van der Waals surface area contributed by atoms with Crippen molar-refractivity contribution < 1.29 is 32.9 Å². The van der Waals surface area contributed by atoms with Crippen LogP contribution >= 0.6 is 0 Å². The van der Waals surface area contributed by atoms with Crippen LogP contribution in [0.2, 0.25) is 0 Å². The molecule has 2 rings (SSSR count). The van der Waals surface area contributed by atoms with Crippen LogP contribution in [0.4, 0.5) is 18.0 Å². The number of amides is 2. The second kappa shape index (κ2) is 5.33. The summed E-state index contributed by atoms with van der Waals surface area (Å²) < 4.78 is 43.9. The molecule has 1 aromatic rings. The number of carbonyl (C=O) groups excluding carboxylic acids is 1. The highest BCUT2D eigenvalue weighted by Gasteiger charge is 2.61. The van der Waals surface area contributed by atoms with Gasteiger partial charge < -0.3 is 25.6 Å². The van der Waals surface area contributed by atoms with Gasteiger partial charge in [0.15, 0.2) is 5.72 Å². The largest absolute Gasteiger partial charge is 0.494 e. The molecule has 6 nitrogen and oxygen atoms in total. The molecule has 0 saturated carbocycles. The number of ether oxygens (including phenoxy) is 1. The average molecular weight is 320 g/mol. The van der Waals surface area contributed by atoms with E-state index in [1.807, 2.05) is 5.32 Å². The third-order valence-corrected chi connectivity index (χ3v) is 3.26. The van der Waals surface area contributed by atoms with E-state index in [2.05, 4.69) is 0 Å². The van der Waals surface area contributed by atoms with Crippen molar-refractivity contribution in [1.29, 1.82) is 0 Å². The van der Waals surface area contributed by atoms with E-state index in [4.69, 9.17) is 4.74 Å². The van der Waals surface area contributed by atoms with Crippen molar-refractivity contribution in [3.05, 3.63) is 29.8 Å². The molecule has 1 heterocycles. The second-order valence-corrected chi connectivity index (χ2v) is 4.93. The minimum absolute atomic E-state index is 0.00604. The zero-order chi connectivity index (χ0) is 16.6. The molecule has 0 aliphatic carbocycles. The molecule has 1 aliphatic heterocycles. The number of aliphatic hydroxyl groups is 2. The number of urea groups is 1. The van der Waals surface area contributed by atoms with E-state index in [9.17, 15) is 28.2 Å². The molecule has 2 amide bonds. The van der Waals surface area contributed by atoms with Gasteiger partial charge in [0.2, 0.25) is 5.72 Å². The normalized spacial score (nSPS) is 28.7. The van der Waals surface area contributed by atoms with Gasteiger partial charge in [0.1, 0.15) is 5.75 Å². The highest BCUT2D eigenvalue weighted by molar-refractivity contribution is 5.77. The Balaban J connectivity index is 2.33. The third-order valence-electron chi connectivity index (χ3n) is 3.26. The van der Waals surface area contributed by atoms with E-state index < -0.39 is 30.1 Å². The van der Waals surface area contributed by atoms with Crippen LogP contribution in [0, 0.1) is 0 Å². The zero-order valence-electron chi connectivity index (χ0n) is 11.6. The van der Waals surface area contributed by atoms with Crippen molar-refractivity contribution >= 4 is 6.03 Å². The number of hydrogen-bond donors (Lipinski definition) is 4. The highest BCUT2D eigenvalue weighted by Crippen LogP contribution is 2.39. The first-order valence-electron chi connectivity index (χ1n) is 6.45. The summed E-state index contributed by atoms with van der Waals surface area (Å²) >= 11 is 0. The molecule has 9 heteroatoms. The van der Waals surface area contributed by atoms with Crippen molar-refractivity contribution in [3.63, 3.8) is 0 Å². The standard InChI is InChI=1S/C13H15F3N2O4/c1-2-22-9-5-3-8(4-6-9)11(20)7-12(21,13(14,15)16)18-10(19)17-11/h3-6,20-21H,2,7H2,1H3,(H2,17,18,19)/t11-,12+/m1/s1. The fourth-order valence-electron chi connectivity index (χ4n) is 2.20. The van der Waals surface area contributed by atoms with E-state index in [0.717, 1.165) is 0 Å². The lowest BCUT2D eigenvalue weighted by atomic mass is 9.90. The Morgan fingerprint density at radius 3 is 2.32 bits per heavy atom. The zero-order valence-corrected chi connectivity index (χ0v) is 11.6. The summed E-state index contributed by atoms with van der Waals surface area (Å²) in [6, 6.07) is 4.18. The summed E-state index contributed by atoms with van der Waals surface area (Å²) in [4.78, 5) is 11.4. The summed E-state index contributed by atoms with van der Waals surface area (Å²) in [6.07, 6.45) is -6.33. The molecule has 0 bridgehead atoms. The smallest absolute Gasteiger partial charge is 0.436 e. The van der Waals surface area contributed by atoms with Gasteiger partial charge >= 0.3 is 12.2 Å². The maximum atomic E-state index is 12.9. The maximum Gasteiger partial charge on any atom is 0.436 e. The first kappa shape index (κ1) is 16.4. The quantitative estimate of drug-likeness (QED) is 0.673. The predicted octanol–water partition coefficient (Wildman–Crippen LogP) is 1.18. The summed E-state index contributed by atoms with van der Waals surface area (Å²) in [6.45, 7) is 2.16. The van der Waals surface area contributed by atoms with Gasteiger partial charge in [-0.15, -0.1) is 0 Å². The van der Waals surface area contributed by atoms with Crippen LogP contribution in [-0.4, -0.2) is 34.8 Å². The van der Waals surface area contributed by atoms with Crippen LogP contribution in [0.1, 0.15) is 18.9 Å². The molecule has 1 aromatic carbocycles. The minimum atomic E-state index is -5.13. The minimum Gasteiger partial charge on any atom is -0.494 e. The van der Waals surface area contributed by atoms with Gasteiger partial charge in [-0.05, 0) is 19.1 Å². The summed E-state index contributed by atoms with van der Waals surface area (Å²) in [5.41, 5.74) is -5.89. The van der Waals surface area contributed by atoms with Gasteiger partial charge in [0.25, 0.3) is 0 Å². The van der Waals surface area contributed by atoms with Crippen LogP contribution in [0.3, 0.4) is 0 Å². The molecule has 0 radical (unpaired) electrons. The van der Waals surface area contributed by atoms with E-state index in [-0.39, 0.29) is 5.56 Å². The Kier molecular flexibility index (Phi) is 3.96. The fraction of sp³-hybridized carbons (Fsp3) is 0.462. The summed E-state index contributed by atoms with van der Waals surface area (Å²) in [7, 11) is 0. The van der Waals surface area contributed by atoms with E-state index in [1.165, 1.54) is 29.6 Å². The Morgan fingerprint density at radius 2 is 1.82 bits per heavy atom. The SMILES string of the molecule is CCOc1ccc([C@]2(O)C[C@](O)(C(F)(F)F)NC(=O)N2)cc1. The van der Waals surface area contributed by atoms with Gasteiger partial charge in [0.05, 0.1) is 13.0 Å². The summed E-state index contributed by atoms with van der Waals surface area (Å²) in [5.74, 6) is 0.459. The molecule has 22 heavy (non-hydrogen) atoms. The molecule has 0 aromatic heterocycles. The number of benzene rings is 1. The first-order valence-corrected chi connectivity index (χ1v) is 6.45. The Labute approximate surface area is 123 Å². The van der Waals surface area contributed by atoms with Gasteiger partial charge in [-0.25, -0.2) is 4.79 Å². The lowest BCUT2D eigenvalue weighted by Crippen LogP contribution is -2.71. The van der Waals surface area contributed by atoms with E-state index >= 15 is 0 Å². The van der Waals surface area contributed by atoms with Crippen LogP contribution in [0.5, 0.6) is 5.75 Å². The Hall–Kier alpha value is -2.00. The van der Waals surface area contributed by atoms with Gasteiger partial charge in [0, 0.05) is 5.56 Å². The number of carbonyl (C=O) groups is 1. The topological polar surface area (TPSA) is 90.8 Å². The monoisotopic (exact) mass is 320 g/mol. The molecule has 1 saturated heterocycles. The highest BCUT2D eigenvalue weighted by atomic mass is 19.4. The molecule has 0 unspecified atom stereocenters. The first-order chi connectivity index (χ1) is 10.1. The van der Waals surface area contributed by atoms with Gasteiger partial charge in [-0.3, -0.25) is 0 Å². The van der Waals surface area contributed by atoms with Crippen LogP contribution in [-0.2, 0) is 5.72 Å². The number of nitrogens with one attached hydrogen (secondary N) is 2. The lowest BCUT2D eigenvalue weighted by Gasteiger charge is -2.43. The Bertz CT molecular complexity index is 563. The van der Waals surface area contributed by atoms with Crippen molar-refractivity contribution in [2.45, 2.75) is 31.0 Å². The molecule has 122 valence electrons. The molecule has 1 fully saturated rings. The van der Waals surface area contributed by atoms with Crippen molar-refractivity contribution in [2.75, 3.05) is 6.61 Å².